The predicted octanol–water partition coefficient (Wildman–Crippen LogP) is 0.0821. The van der Waals surface area contributed by atoms with Gasteiger partial charge in [-0.3, -0.25) is 24.1 Å². The van der Waals surface area contributed by atoms with Gasteiger partial charge in [-0.15, -0.1) is 0 Å². The summed E-state index contributed by atoms with van der Waals surface area (Å²) in [5, 5.41) is 3.35. The quantitative estimate of drug-likeness (QED) is 0.703. The number of para-hydroxylation sites is 1. The molecule has 1 aromatic carbocycles. The number of amides is 1. The van der Waals surface area contributed by atoms with Gasteiger partial charge in [-0.2, -0.15) is 0 Å². The van der Waals surface area contributed by atoms with Gasteiger partial charge in [0.15, 0.2) is 0 Å². The molecule has 1 unspecified atom stereocenters. The summed E-state index contributed by atoms with van der Waals surface area (Å²) in [6.45, 7) is 0.834. The highest BCUT2D eigenvalue weighted by atomic mass is 16.2. The third-order valence-electron chi connectivity index (χ3n) is 4.40. The third-order valence-corrected chi connectivity index (χ3v) is 4.40. The minimum Gasteiger partial charge on any atom is -0.350 e. The molecule has 0 spiro atoms. The zero-order chi connectivity index (χ0) is 17.4. The minimum atomic E-state index is -0.421. The van der Waals surface area contributed by atoms with Crippen molar-refractivity contribution in [1.82, 2.24) is 24.8 Å². The van der Waals surface area contributed by atoms with Gasteiger partial charge in [-0.1, -0.05) is 12.1 Å². The zero-order valence-electron chi connectivity index (χ0n) is 13.2. The van der Waals surface area contributed by atoms with Gasteiger partial charge in [0.25, 0.3) is 11.5 Å². The van der Waals surface area contributed by atoms with Crippen LogP contribution >= 0.6 is 0 Å². The number of nitrogens with one attached hydrogen (secondary N) is 2. The first-order valence-corrected chi connectivity index (χ1v) is 7.92. The predicted molar refractivity (Wildman–Crippen MR) is 90.4 cm³/mol. The monoisotopic (exact) mass is 337 g/mol. The fourth-order valence-corrected chi connectivity index (χ4v) is 3.28. The Morgan fingerprint density at radius 3 is 3.00 bits per heavy atom. The van der Waals surface area contributed by atoms with Crippen LogP contribution in [0.4, 0.5) is 0 Å². The van der Waals surface area contributed by atoms with E-state index in [1.165, 1.54) is 18.6 Å². The molecule has 0 radical (unpaired) electrons. The number of aromatic amines is 1. The minimum absolute atomic E-state index is 0.0438. The lowest BCUT2D eigenvalue weighted by atomic mass is 9.93. The van der Waals surface area contributed by atoms with Crippen LogP contribution in [-0.4, -0.2) is 32.0 Å². The molecule has 1 aliphatic heterocycles. The Balaban J connectivity index is 1.58. The molecule has 8 heteroatoms. The highest BCUT2D eigenvalue weighted by Crippen LogP contribution is 2.24. The number of nitrogens with zero attached hydrogens (tertiary/aromatic N) is 3. The first-order valence-electron chi connectivity index (χ1n) is 7.92. The molecule has 1 amide bonds. The fraction of sp³-hybridized carbons (Fsp3) is 0.235. The van der Waals surface area contributed by atoms with Gasteiger partial charge in [0.05, 0.1) is 17.1 Å². The molecule has 0 fully saturated rings. The van der Waals surface area contributed by atoms with Gasteiger partial charge in [0.1, 0.15) is 5.69 Å². The molecule has 2 N–H and O–H groups in total. The number of rotatable bonds is 3. The van der Waals surface area contributed by atoms with E-state index in [-0.39, 0.29) is 23.1 Å². The number of H-pyrrole nitrogens is 1. The third kappa shape index (κ3) is 2.71. The van der Waals surface area contributed by atoms with Gasteiger partial charge < -0.3 is 5.32 Å². The summed E-state index contributed by atoms with van der Waals surface area (Å²) in [4.78, 5) is 46.4. The molecule has 0 saturated carbocycles. The maximum atomic E-state index is 12.2. The van der Waals surface area contributed by atoms with E-state index < -0.39 is 5.69 Å². The normalized spacial score (nSPS) is 15.9. The van der Waals surface area contributed by atoms with Crippen LogP contribution in [0.3, 0.4) is 0 Å². The van der Waals surface area contributed by atoms with Crippen LogP contribution in [0.15, 0.2) is 46.4 Å². The zero-order valence-corrected chi connectivity index (χ0v) is 13.2. The van der Waals surface area contributed by atoms with Crippen LogP contribution in [0.1, 0.15) is 16.1 Å². The Bertz CT molecular complexity index is 1070. The van der Waals surface area contributed by atoms with Gasteiger partial charge in [-0.25, -0.2) is 9.78 Å². The summed E-state index contributed by atoms with van der Waals surface area (Å²) < 4.78 is 1.58. The van der Waals surface area contributed by atoms with Crippen LogP contribution in [0, 0.1) is 5.92 Å². The maximum Gasteiger partial charge on any atom is 0.328 e. The first kappa shape index (κ1) is 15.3. The molecule has 0 saturated heterocycles. The van der Waals surface area contributed by atoms with Crippen molar-refractivity contribution in [2.75, 3.05) is 6.54 Å². The molecule has 2 aromatic heterocycles. The van der Waals surface area contributed by atoms with Crippen LogP contribution in [0.2, 0.25) is 0 Å². The van der Waals surface area contributed by atoms with E-state index in [4.69, 9.17) is 0 Å². The van der Waals surface area contributed by atoms with Crippen molar-refractivity contribution in [2.24, 2.45) is 5.92 Å². The summed E-state index contributed by atoms with van der Waals surface area (Å²) in [6.07, 6.45) is 5.05. The Morgan fingerprint density at radius 2 is 2.20 bits per heavy atom. The van der Waals surface area contributed by atoms with Crippen molar-refractivity contribution in [3.8, 4) is 0 Å². The van der Waals surface area contributed by atoms with E-state index in [1.807, 2.05) is 12.1 Å². The van der Waals surface area contributed by atoms with Crippen LogP contribution in [0.5, 0.6) is 0 Å². The second kappa shape index (κ2) is 5.97. The first-order chi connectivity index (χ1) is 12.1. The smallest absolute Gasteiger partial charge is 0.328 e. The standard InChI is InChI=1S/C17H15N5O3/c23-15-12-3-1-2-11-6-10(9-22(14(11)12)17(25)21-15)7-20-16(24)13-8-18-4-5-19-13/h1-5,8,10H,6-7,9H2,(H,20,24)(H,21,23,25). The SMILES string of the molecule is O=C(NCC1Cc2cccc3c(=O)[nH]c(=O)n(c23)C1)c1cnccn1. The van der Waals surface area contributed by atoms with Crippen molar-refractivity contribution in [1.29, 1.82) is 0 Å². The van der Waals surface area contributed by atoms with Crippen molar-refractivity contribution >= 4 is 16.8 Å². The van der Waals surface area contributed by atoms with E-state index in [0.29, 0.717) is 30.4 Å². The maximum absolute atomic E-state index is 12.2. The van der Waals surface area contributed by atoms with Crippen LogP contribution in [-0.2, 0) is 13.0 Å². The van der Waals surface area contributed by atoms with Crippen molar-refractivity contribution < 1.29 is 4.79 Å². The Hall–Kier alpha value is -3.29. The summed E-state index contributed by atoms with van der Waals surface area (Å²) >= 11 is 0. The molecule has 0 bridgehead atoms. The Kier molecular flexibility index (Phi) is 3.64. The number of benzene rings is 1. The second-order valence-electron chi connectivity index (χ2n) is 6.05. The number of carbonyl (C=O) groups excluding carboxylic acids is 1. The summed E-state index contributed by atoms with van der Waals surface area (Å²) in [5.41, 5.74) is 1.09. The molecule has 1 aliphatic rings. The molecule has 3 heterocycles. The summed E-state index contributed by atoms with van der Waals surface area (Å²) in [7, 11) is 0. The van der Waals surface area contributed by atoms with E-state index in [0.717, 1.165) is 5.56 Å². The van der Waals surface area contributed by atoms with Gasteiger partial charge in [0.2, 0.25) is 0 Å². The lowest BCUT2D eigenvalue weighted by Crippen LogP contribution is -2.40. The van der Waals surface area contributed by atoms with E-state index in [9.17, 15) is 14.4 Å². The lowest BCUT2D eigenvalue weighted by Gasteiger charge is -2.26. The largest absolute Gasteiger partial charge is 0.350 e. The lowest BCUT2D eigenvalue weighted by molar-refractivity contribution is 0.0939. The second-order valence-corrected chi connectivity index (χ2v) is 6.05. The van der Waals surface area contributed by atoms with Crippen molar-refractivity contribution in [3.05, 3.63) is 68.9 Å². The molecule has 1 atom stereocenters. The molecule has 3 aromatic rings. The Labute approximate surface area is 141 Å². The van der Waals surface area contributed by atoms with E-state index >= 15 is 0 Å². The van der Waals surface area contributed by atoms with Crippen LogP contribution in [0.25, 0.3) is 10.9 Å². The average molecular weight is 337 g/mol. The highest BCUT2D eigenvalue weighted by molar-refractivity contribution is 5.91. The molecular formula is C17H15N5O3. The van der Waals surface area contributed by atoms with Crippen molar-refractivity contribution in [2.45, 2.75) is 13.0 Å². The van der Waals surface area contributed by atoms with E-state index in [2.05, 4.69) is 20.3 Å². The number of hydrogen-bond donors (Lipinski definition) is 2. The molecule has 4 rings (SSSR count). The number of carbonyl (C=O) groups is 1. The summed E-state index contributed by atoms with van der Waals surface area (Å²) in [6, 6.07) is 5.43. The average Bonchev–Trinajstić information content (AvgIpc) is 2.64. The molecular weight excluding hydrogens is 322 g/mol. The number of aromatic nitrogens is 4. The fourth-order valence-electron chi connectivity index (χ4n) is 3.28. The van der Waals surface area contributed by atoms with Gasteiger partial charge in [-0.05, 0) is 24.0 Å². The van der Waals surface area contributed by atoms with Gasteiger partial charge >= 0.3 is 5.69 Å². The van der Waals surface area contributed by atoms with Crippen LogP contribution < -0.4 is 16.6 Å². The Morgan fingerprint density at radius 1 is 1.32 bits per heavy atom. The summed E-state index contributed by atoms with van der Waals surface area (Å²) in [5.74, 6) is -0.256. The van der Waals surface area contributed by atoms with Crippen molar-refractivity contribution in [3.63, 3.8) is 0 Å². The topological polar surface area (TPSA) is 110 Å². The molecule has 0 aliphatic carbocycles. The van der Waals surface area contributed by atoms with E-state index in [1.54, 1.807) is 10.6 Å². The number of hydrogen-bond acceptors (Lipinski definition) is 5. The molecule has 126 valence electrons. The highest BCUT2D eigenvalue weighted by Gasteiger charge is 2.23. The van der Waals surface area contributed by atoms with Gasteiger partial charge in [0, 0.05) is 25.5 Å². The molecule has 25 heavy (non-hydrogen) atoms. The molecule has 8 nitrogen and oxygen atoms in total.